The van der Waals surface area contributed by atoms with Crippen molar-refractivity contribution >= 4 is 12.4 Å². The molecule has 0 saturated carbocycles. The molecule has 20 heavy (non-hydrogen) atoms. The van der Waals surface area contributed by atoms with Gasteiger partial charge in [0.05, 0.1) is 12.4 Å². The molecule has 0 aliphatic rings. The maximum absolute atomic E-state index is 13.3. The second-order valence-corrected chi connectivity index (χ2v) is 4.27. The highest BCUT2D eigenvalue weighted by Gasteiger charge is 2.28. The monoisotopic (exact) mass is 287 g/mol. The van der Waals surface area contributed by atoms with Crippen LogP contribution in [-0.2, 0) is 6.54 Å². The highest BCUT2D eigenvalue weighted by atomic mass is 19.4. The quantitative estimate of drug-likeness (QED) is 0.624. The molecule has 0 amide bonds. The summed E-state index contributed by atoms with van der Waals surface area (Å²) in [5.41, 5.74) is -1.23. The first-order valence-electron chi connectivity index (χ1n) is 5.98. The zero-order valence-electron chi connectivity index (χ0n) is 10.7. The van der Waals surface area contributed by atoms with Crippen molar-refractivity contribution in [2.45, 2.75) is 13.5 Å². The Labute approximate surface area is 113 Å². The largest absolute Gasteiger partial charge is 0.512 e. The fraction of sp³-hybridized carbons (Fsp3) is 0.250. The minimum Gasteiger partial charge on any atom is -0.492 e. The van der Waals surface area contributed by atoms with E-state index in [1.807, 2.05) is 11.5 Å². The summed E-state index contributed by atoms with van der Waals surface area (Å²) in [5.74, 6) is -0.437. The Morgan fingerprint density at radius 1 is 1.30 bits per heavy atom. The second-order valence-electron chi connectivity index (χ2n) is 4.27. The fourth-order valence-electron chi connectivity index (χ4n) is 1.76. The van der Waals surface area contributed by atoms with Gasteiger partial charge in [0.1, 0.15) is 18.2 Å². The maximum Gasteiger partial charge on any atom is 0.512 e. The van der Waals surface area contributed by atoms with Crippen molar-refractivity contribution in [1.29, 1.82) is 0 Å². The first-order valence-corrected chi connectivity index (χ1v) is 5.98. The van der Waals surface area contributed by atoms with E-state index in [1.54, 1.807) is 12.4 Å². The first-order chi connectivity index (χ1) is 9.38. The van der Waals surface area contributed by atoms with Gasteiger partial charge in [-0.3, -0.25) is 0 Å². The number of nitrogens with zero attached hydrogens (tertiary/aromatic N) is 2. The highest BCUT2D eigenvalue weighted by Crippen LogP contribution is 2.17. The van der Waals surface area contributed by atoms with Gasteiger partial charge in [-0.15, -0.1) is 0 Å². The molecule has 0 aliphatic carbocycles. The lowest BCUT2D eigenvalue weighted by atomic mass is 9.80. The molecule has 0 bridgehead atoms. The summed E-state index contributed by atoms with van der Waals surface area (Å²) in [6.07, 6.45) is 3.39. The Bertz CT molecular complexity index is 597. The van der Waals surface area contributed by atoms with Crippen LogP contribution in [0.15, 0.2) is 30.6 Å². The van der Waals surface area contributed by atoms with Crippen molar-refractivity contribution in [3.63, 3.8) is 0 Å². The Morgan fingerprint density at radius 3 is 2.60 bits per heavy atom. The molecule has 0 radical (unpaired) electrons. The van der Waals surface area contributed by atoms with Gasteiger partial charge in [-0.2, -0.15) is 0 Å². The summed E-state index contributed by atoms with van der Waals surface area (Å²) in [6, 6.07) is 2.58. The van der Waals surface area contributed by atoms with Crippen molar-refractivity contribution in [2.75, 3.05) is 6.61 Å². The molecule has 0 spiro atoms. The van der Waals surface area contributed by atoms with E-state index in [2.05, 4.69) is 4.98 Å². The Kier molecular flexibility index (Phi) is 4.01. The lowest BCUT2D eigenvalue weighted by molar-refractivity contribution is 0.295. The van der Waals surface area contributed by atoms with E-state index in [-0.39, 0.29) is 12.4 Å². The molecule has 0 atom stereocenters. The molecule has 108 valence electrons. The number of hydrogen-bond donors (Lipinski definition) is 0. The molecular weight excluding hydrogens is 275 g/mol. The van der Waals surface area contributed by atoms with E-state index in [4.69, 9.17) is 4.74 Å². The zero-order valence-corrected chi connectivity index (χ0v) is 10.7. The van der Waals surface area contributed by atoms with Crippen molar-refractivity contribution in [2.24, 2.45) is 0 Å². The summed E-state index contributed by atoms with van der Waals surface area (Å²) in [4.78, 5) is 4.02. The summed E-state index contributed by atoms with van der Waals surface area (Å²) < 4.78 is 57.7. The zero-order chi connectivity index (χ0) is 14.8. The van der Waals surface area contributed by atoms with E-state index in [9.17, 15) is 17.3 Å². The van der Waals surface area contributed by atoms with E-state index in [0.29, 0.717) is 12.6 Å². The average molecular weight is 287 g/mol. The third kappa shape index (κ3) is 3.31. The number of halogens is 4. The molecule has 1 heterocycles. The van der Waals surface area contributed by atoms with Crippen LogP contribution < -0.4 is 10.2 Å². The Morgan fingerprint density at radius 2 is 2.05 bits per heavy atom. The van der Waals surface area contributed by atoms with E-state index in [1.165, 1.54) is 0 Å². The molecular formula is C12H12BF4N2O-. The minimum atomic E-state index is -5.34. The minimum absolute atomic E-state index is 0.0732. The number of rotatable bonds is 5. The summed E-state index contributed by atoms with van der Waals surface area (Å²) >= 11 is 0. The van der Waals surface area contributed by atoms with Crippen molar-refractivity contribution < 1.29 is 22.1 Å². The van der Waals surface area contributed by atoms with Crippen LogP contribution >= 0.6 is 0 Å². The topological polar surface area (TPSA) is 27.1 Å². The lowest BCUT2D eigenvalue weighted by Crippen LogP contribution is -2.36. The Balaban J connectivity index is 1.97. The molecule has 2 aromatic rings. The van der Waals surface area contributed by atoms with Crippen LogP contribution in [0, 0.1) is 12.7 Å². The predicted molar refractivity (Wildman–Crippen MR) is 67.6 cm³/mol. The predicted octanol–water partition coefficient (Wildman–Crippen LogP) is 2.46. The second kappa shape index (κ2) is 5.56. The van der Waals surface area contributed by atoms with Crippen LogP contribution in [0.2, 0.25) is 0 Å². The molecule has 2 rings (SSSR count). The molecule has 8 heteroatoms. The van der Waals surface area contributed by atoms with Crippen molar-refractivity contribution in [3.05, 3.63) is 42.2 Å². The average Bonchev–Trinajstić information content (AvgIpc) is 2.73. The third-order valence-electron chi connectivity index (χ3n) is 2.85. The van der Waals surface area contributed by atoms with Gasteiger partial charge in [0.25, 0.3) is 0 Å². The van der Waals surface area contributed by atoms with Gasteiger partial charge in [-0.25, -0.2) is 9.37 Å². The lowest BCUT2D eigenvalue weighted by Gasteiger charge is -2.16. The molecule has 0 fully saturated rings. The van der Waals surface area contributed by atoms with Gasteiger partial charge in [0, 0.05) is 18.5 Å². The number of aromatic nitrogens is 2. The van der Waals surface area contributed by atoms with E-state index in [0.717, 1.165) is 18.0 Å². The number of hydrogen-bond acceptors (Lipinski definition) is 2. The number of benzene rings is 1. The smallest absolute Gasteiger partial charge is 0.492 e. The maximum atomic E-state index is 13.3. The molecule has 0 unspecified atom stereocenters. The number of imidazole rings is 1. The summed E-state index contributed by atoms with van der Waals surface area (Å²) in [6.45, 7) is -2.82. The molecule has 0 saturated heterocycles. The van der Waals surface area contributed by atoms with Crippen molar-refractivity contribution in [3.8, 4) is 5.75 Å². The van der Waals surface area contributed by atoms with Gasteiger partial charge >= 0.3 is 6.98 Å². The van der Waals surface area contributed by atoms with Crippen LogP contribution in [0.3, 0.4) is 0 Å². The van der Waals surface area contributed by atoms with Gasteiger partial charge < -0.3 is 22.3 Å². The third-order valence-corrected chi connectivity index (χ3v) is 2.85. The standard InChI is InChI=1S/C12H12BF4N2O/c1-9-18-4-5-19(9)6-7-20-10-2-3-11(12(14)8-10)13(15,16)17/h2-5,8H,6-7H2,1H3/q-1. The summed E-state index contributed by atoms with van der Waals surface area (Å²) in [7, 11) is 0. The molecule has 1 aromatic carbocycles. The molecule has 0 aliphatic heterocycles. The van der Waals surface area contributed by atoms with E-state index < -0.39 is 18.3 Å². The van der Waals surface area contributed by atoms with Gasteiger partial charge in [-0.05, 0) is 13.0 Å². The van der Waals surface area contributed by atoms with Crippen molar-refractivity contribution in [1.82, 2.24) is 9.55 Å². The Hall–Kier alpha value is -1.99. The van der Waals surface area contributed by atoms with Crippen LogP contribution in [0.1, 0.15) is 5.82 Å². The molecule has 0 N–H and O–H groups in total. The SMILES string of the molecule is Cc1nccn1CCOc1ccc([B-](F)(F)F)c(F)c1. The van der Waals surface area contributed by atoms with Crippen LogP contribution in [0.25, 0.3) is 0 Å². The first kappa shape index (κ1) is 14.4. The van der Waals surface area contributed by atoms with Crippen LogP contribution in [0.5, 0.6) is 5.75 Å². The number of ether oxygens (including phenoxy) is 1. The normalized spacial score (nSPS) is 11.7. The number of aryl methyl sites for hydroxylation is 1. The fourth-order valence-corrected chi connectivity index (χ4v) is 1.76. The van der Waals surface area contributed by atoms with Crippen LogP contribution in [0.4, 0.5) is 17.3 Å². The van der Waals surface area contributed by atoms with Gasteiger partial charge in [0.2, 0.25) is 0 Å². The van der Waals surface area contributed by atoms with Gasteiger partial charge in [-0.1, -0.05) is 11.5 Å². The highest BCUT2D eigenvalue weighted by molar-refractivity contribution is 6.73. The molecule has 3 nitrogen and oxygen atoms in total. The molecule has 1 aromatic heterocycles. The summed E-state index contributed by atoms with van der Waals surface area (Å²) in [5, 5.41) is 0. The van der Waals surface area contributed by atoms with Gasteiger partial charge in [0.15, 0.2) is 0 Å². The van der Waals surface area contributed by atoms with Crippen LogP contribution in [-0.4, -0.2) is 23.1 Å². The van der Waals surface area contributed by atoms with E-state index >= 15 is 0 Å².